The Morgan fingerprint density at radius 1 is 0.278 bits per heavy atom. The van der Waals surface area contributed by atoms with Gasteiger partial charge in [0.25, 0.3) is 0 Å². The average molecular weight is 1250 g/mol. The number of hydrogen-bond donors (Lipinski definition) is 0. The van der Waals surface area contributed by atoms with Crippen LogP contribution in [-0.4, -0.2) is 54.7 Å². The van der Waals surface area contributed by atoms with E-state index >= 15 is 0 Å². The van der Waals surface area contributed by atoms with Crippen LogP contribution in [-0.2, 0) is 38.8 Å². The molecule has 3 aliphatic heterocycles. The zero-order valence-electron chi connectivity index (χ0n) is 54.9. The summed E-state index contributed by atoms with van der Waals surface area (Å²) in [6, 6.07) is 67.3. The summed E-state index contributed by atoms with van der Waals surface area (Å²) in [5.74, 6) is 0. The second kappa shape index (κ2) is 20.1. The van der Waals surface area contributed by atoms with Crippen molar-refractivity contribution in [1.29, 1.82) is 0 Å². The highest BCUT2D eigenvalue weighted by Gasteiger charge is 2.64. The zero-order chi connectivity index (χ0) is 63.2. The third kappa shape index (κ3) is 8.61. The largest absolute Gasteiger partial charge is 0.494 e. The van der Waals surface area contributed by atoms with Gasteiger partial charge >= 0.3 is 21.1 Å². The smallest absolute Gasteiger partial charge is 0.405 e. The van der Waals surface area contributed by atoms with Gasteiger partial charge in [0, 0.05) is 15.3 Å². The Labute approximate surface area is 539 Å². The molecule has 0 bridgehead atoms. The Hall–Kier alpha value is -6.85. The van der Waals surface area contributed by atoms with Crippen molar-refractivity contribution in [1.82, 2.24) is 0 Å². The molecule has 0 aromatic heterocycles. The molecule has 17 rings (SSSR count). The quantitative estimate of drug-likeness (QED) is 0.127. The highest BCUT2D eigenvalue weighted by Crippen LogP contribution is 2.59. The van der Waals surface area contributed by atoms with E-state index in [0.29, 0.717) is 0 Å². The van der Waals surface area contributed by atoms with Crippen molar-refractivity contribution in [2.75, 3.05) is 0 Å². The second-order valence-corrected chi connectivity index (χ2v) is 30.8. The van der Waals surface area contributed by atoms with Crippen molar-refractivity contribution >= 4 is 129 Å². The fourth-order valence-electron chi connectivity index (χ4n) is 15.5. The maximum Gasteiger partial charge on any atom is 0.494 e. The first kappa shape index (κ1) is 59.5. The van der Waals surface area contributed by atoms with Crippen LogP contribution in [0.2, 0.25) is 0 Å². The molecule has 3 fully saturated rings. The Morgan fingerprint density at radius 2 is 0.544 bits per heavy atom. The van der Waals surface area contributed by atoms with Crippen LogP contribution < -0.4 is 5.46 Å². The molecule has 0 N–H and O–H groups in total. The van der Waals surface area contributed by atoms with Crippen LogP contribution in [0.3, 0.4) is 0 Å². The first-order chi connectivity index (χ1) is 42.6. The van der Waals surface area contributed by atoms with E-state index in [1.807, 2.05) is 55.4 Å². The van der Waals surface area contributed by atoms with Crippen molar-refractivity contribution in [3.8, 4) is 22.3 Å². The zero-order valence-corrected chi connectivity index (χ0v) is 56.5. The van der Waals surface area contributed by atoms with Gasteiger partial charge < -0.3 is 27.9 Å². The molecule has 0 amide bonds. The molecule has 3 heterocycles. The van der Waals surface area contributed by atoms with Crippen molar-refractivity contribution in [3.05, 3.63) is 209 Å². The molecule has 12 aromatic carbocycles. The summed E-state index contributed by atoms with van der Waals surface area (Å²) >= 11 is 3.73. The van der Waals surface area contributed by atoms with Gasteiger partial charge in [0.1, 0.15) is 0 Å². The Bertz CT molecular complexity index is 4960. The average Bonchev–Trinajstić information content (AvgIpc) is 1.44. The highest BCUT2D eigenvalue weighted by atomic mass is 79.9. The molecule has 2 aliphatic carbocycles. The topological polar surface area (TPSA) is 55.4 Å². The molecule has 10 heteroatoms. The molecule has 450 valence electrons. The van der Waals surface area contributed by atoms with Crippen LogP contribution >= 0.6 is 15.9 Å². The van der Waals surface area contributed by atoms with Gasteiger partial charge in [-0.3, -0.25) is 0 Å². The molecule has 90 heavy (non-hydrogen) atoms. The predicted molar refractivity (Wildman–Crippen MR) is 384 cm³/mol. The van der Waals surface area contributed by atoms with E-state index in [0.717, 1.165) is 9.94 Å². The van der Waals surface area contributed by atoms with E-state index in [2.05, 4.69) is 253 Å². The lowest BCUT2D eigenvalue weighted by Crippen LogP contribution is -2.41. The molecule has 6 nitrogen and oxygen atoms in total. The van der Waals surface area contributed by atoms with Gasteiger partial charge in [-0.15, -0.1) is 0 Å². The molecular formula is C80H78B3BrO6. The molecule has 0 spiro atoms. The minimum absolute atomic E-state index is 0.0953. The van der Waals surface area contributed by atoms with Crippen LogP contribution in [0.4, 0.5) is 0 Å². The van der Waals surface area contributed by atoms with E-state index in [9.17, 15) is 0 Å². The summed E-state index contributed by atoms with van der Waals surface area (Å²) in [5, 5.41) is 21.5. The molecule has 0 atom stereocenters. The van der Waals surface area contributed by atoms with Crippen LogP contribution in [0.5, 0.6) is 0 Å². The van der Waals surface area contributed by atoms with Crippen LogP contribution in [0.15, 0.2) is 186 Å². The maximum absolute atomic E-state index is 6.48. The van der Waals surface area contributed by atoms with Gasteiger partial charge in [0.05, 0.1) is 33.6 Å². The SMILES string of the molecule is CC1(C)OB(B2OC(C)(C)C(C)(C)O2)OC1(C)C.CC1(C)c2cc(B3OC(C)(C)C(C)(C)O3)ccc2-c2c1c1c3ccccc3c3ccccc3c1c1ccccc21.CC1(C)c2cc(Br)ccc2-c2c1c1c3ccccc3c3ccccc3c1c1ccccc21. The lowest BCUT2D eigenvalue weighted by molar-refractivity contribution is 0.00578. The summed E-state index contributed by atoms with van der Waals surface area (Å²) < 4.78 is 37.9. The van der Waals surface area contributed by atoms with E-state index in [4.69, 9.17) is 27.9 Å². The minimum Gasteiger partial charge on any atom is -0.405 e. The number of fused-ring (bicyclic) bond motifs is 26. The number of benzene rings is 12. The number of hydrogen-bond acceptors (Lipinski definition) is 6. The molecule has 0 unspecified atom stereocenters. The summed E-state index contributed by atoms with van der Waals surface area (Å²) in [6.45, 7) is 34.3. The van der Waals surface area contributed by atoms with E-state index in [1.54, 1.807) is 0 Å². The van der Waals surface area contributed by atoms with Gasteiger partial charge in [0.2, 0.25) is 0 Å². The molecule has 3 saturated heterocycles. The van der Waals surface area contributed by atoms with E-state index in [-0.39, 0.29) is 51.6 Å². The van der Waals surface area contributed by atoms with Gasteiger partial charge in [0.15, 0.2) is 0 Å². The van der Waals surface area contributed by atoms with E-state index < -0.39 is 14.0 Å². The van der Waals surface area contributed by atoms with Gasteiger partial charge in [-0.25, -0.2) is 0 Å². The molecule has 5 aliphatic rings. The predicted octanol–water partition coefficient (Wildman–Crippen LogP) is 20.5. The summed E-state index contributed by atoms with van der Waals surface area (Å²) in [7, 11) is -1.33. The first-order valence-electron chi connectivity index (χ1n) is 32.1. The normalized spacial score (nSPS) is 19.8. The lowest BCUT2D eigenvalue weighted by atomic mass is 9.49. The fraction of sp³-hybridized carbons (Fsp3) is 0.300. The lowest BCUT2D eigenvalue weighted by Gasteiger charge is -2.32. The van der Waals surface area contributed by atoms with Crippen LogP contribution in [0, 0.1) is 0 Å². The molecule has 0 radical (unpaired) electrons. The molecule has 12 aromatic rings. The molecule has 0 saturated carbocycles. The number of halogens is 1. The Morgan fingerprint density at radius 3 is 0.889 bits per heavy atom. The third-order valence-electron chi connectivity index (χ3n) is 22.2. The molecular weight excluding hydrogens is 1170 g/mol. The summed E-state index contributed by atoms with van der Waals surface area (Å²) in [6.07, 6.45) is 0. The van der Waals surface area contributed by atoms with Crippen LogP contribution in [0.25, 0.3) is 108 Å². The van der Waals surface area contributed by atoms with Crippen molar-refractivity contribution in [2.24, 2.45) is 0 Å². The highest BCUT2D eigenvalue weighted by molar-refractivity contribution is 9.10. The minimum atomic E-state index is -0.476. The summed E-state index contributed by atoms with van der Waals surface area (Å²) in [5.41, 5.74) is 9.66. The van der Waals surface area contributed by atoms with Gasteiger partial charge in [-0.1, -0.05) is 213 Å². The van der Waals surface area contributed by atoms with Crippen molar-refractivity contribution in [2.45, 2.75) is 155 Å². The van der Waals surface area contributed by atoms with Gasteiger partial charge in [-0.2, -0.15) is 0 Å². The van der Waals surface area contributed by atoms with Gasteiger partial charge in [-0.05, 0) is 231 Å². The van der Waals surface area contributed by atoms with Crippen molar-refractivity contribution in [3.63, 3.8) is 0 Å². The standard InChI is InChI=1S/C37H33BO2.C31H21Br.C12H24B2O4/c1-35(2)30-21-22(38-39-36(3,4)37(5,6)40-38)19-20-29(30)32-28-18-12-11-17-27(28)31-25-15-9-7-13-23(25)24-14-8-10-16-26(24)33(31)34(32)35;1-31(2)26-17-18(32)15-16-25(26)28-24-14-8-7-13-23(24)27-21-11-5-3-9-19(21)20-10-4-6-12-22(20)29(27)30(28)31;1-9(2)10(3,4)16-13(15-9)14-17-11(5,6)12(7,8)18-14/h7-21H,1-6H3;3-17H,1-2H3;1-8H3. The first-order valence-corrected chi connectivity index (χ1v) is 32.9. The van der Waals surface area contributed by atoms with Crippen LogP contribution in [0.1, 0.15) is 133 Å². The Kier molecular flexibility index (Phi) is 13.3. The van der Waals surface area contributed by atoms with E-state index in [1.165, 1.54) is 131 Å². The Balaban J connectivity index is 0.000000121. The number of rotatable bonds is 2. The summed E-state index contributed by atoms with van der Waals surface area (Å²) in [4.78, 5) is 0. The second-order valence-electron chi connectivity index (χ2n) is 29.9. The fourth-order valence-corrected chi connectivity index (χ4v) is 15.8. The van der Waals surface area contributed by atoms with Crippen molar-refractivity contribution < 1.29 is 27.9 Å². The monoisotopic (exact) mass is 1250 g/mol. The third-order valence-corrected chi connectivity index (χ3v) is 22.7. The maximum atomic E-state index is 6.48.